The molecule has 0 spiro atoms. The maximum atomic E-state index is 13.1. The third-order valence-corrected chi connectivity index (χ3v) is 6.24. The number of carbonyl (C=O) groups is 2. The van der Waals surface area contributed by atoms with Gasteiger partial charge in [-0.3, -0.25) is 9.59 Å². The highest BCUT2D eigenvalue weighted by Gasteiger charge is 2.29. The fourth-order valence-corrected chi connectivity index (χ4v) is 4.44. The van der Waals surface area contributed by atoms with Gasteiger partial charge in [0, 0.05) is 24.9 Å². The third kappa shape index (κ3) is 5.42. The lowest BCUT2D eigenvalue weighted by Crippen LogP contribution is -2.49. The molecular weight excluding hydrogens is 432 g/mol. The van der Waals surface area contributed by atoms with Crippen molar-refractivity contribution in [3.8, 4) is 0 Å². The van der Waals surface area contributed by atoms with Crippen LogP contribution in [0.25, 0.3) is 0 Å². The molecule has 2 amide bonds. The van der Waals surface area contributed by atoms with Crippen molar-refractivity contribution in [2.24, 2.45) is 0 Å². The van der Waals surface area contributed by atoms with E-state index < -0.39 is 6.04 Å². The molecule has 1 aromatic heterocycles. The van der Waals surface area contributed by atoms with E-state index in [1.807, 2.05) is 53.4 Å². The summed E-state index contributed by atoms with van der Waals surface area (Å²) in [5.41, 5.74) is 1.99. The Balaban J connectivity index is 1.47. The molecule has 31 heavy (non-hydrogen) atoms. The second-order valence-electron chi connectivity index (χ2n) is 7.39. The minimum atomic E-state index is -0.630. The minimum absolute atomic E-state index is 0.0423. The molecule has 1 aliphatic rings. The number of likely N-dealkylation sites (tertiary alicyclic amines) is 1. The van der Waals surface area contributed by atoms with Gasteiger partial charge in [0.15, 0.2) is 5.13 Å². The van der Waals surface area contributed by atoms with Crippen molar-refractivity contribution in [2.45, 2.75) is 25.3 Å². The van der Waals surface area contributed by atoms with Crippen molar-refractivity contribution >= 4 is 45.6 Å². The Labute approximate surface area is 190 Å². The number of hydrogen-bond donors (Lipinski definition) is 2. The average Bonchev–Trinajstić information content (AvgIpc) is 3.48. The van der Waals surface area contributed by atoms with E-state index in [0.29, 0.717) is 16.6 Å². The summed E-state index contributed by atoms with van der Waals surface area (Å²) in [4.78, 5) is 32.2. The molecule has 1 aliphatic heterocycles. The molecule has 0 bridgehead atoms. The fraction of sp³-hybridized carbons (Fsp3) is 0.261. The number of anilines is 2. The first-order valence-electron chi connectivity index (χ1n) is 10.2. The predicted molar refractivity (Wildman–Crippen MR) is 124 cm³/mol. The van der Waals surface area contributed by atoms with E-state index >= 15 is 0 Å². The van der Waals surface area contributed by atoms with Gasteiger partial charge in [0.1, 0.15) is 11.7 Å². The average molecular weight is 455 g/mol. The molecule has 2 heterocycles. The van der Waals surface area contributed by atoms with Crippen LogP contribution in [-0.2, 0) is 11.2 Å². The van der Waals surface area contributed by atoms with Crippen molar-refractivity contribution in [1.29, 1.82) is 0 Å². The second-order valence-corrected chi connectivity index (χ2v) is 8.66. The Morgan fingerprint density at radius 2 is 1.77 bits per heavy atom. The van der Waals surface area contributed by atoms with Crippen LogP contribution in [0.2, 0.25) is 5.02 Å². The number of aromatic nitrogens is 1. The van der Waals surface area contributed by atoms with Crippen LogP contribution in [0.1, 0.15) is 28.9 Å². The predicted octanol–water partition coefficient (Wildman–Crippen LogP) is 4.50. The van der Waals surface area contributed by atoms with Crippen molar-refractivity contribution in [2.75, 3.05) is 18.4 Å². The van der Waals surface area contributed by atoms with E-state index in [-0.39, 0.29) is 17.5 Å². The fourth-order valence-electron chi connectivity index (χ4n) is 3.55. The highest BCUT2D eigenvalue weighted by molar-refractivity contribution is 7.14. The Hall–Kier alpha value is -2.90. The Kier molecular flexibility index (Phi) is 6.84. The zero-order valence-corrected chi connectivity index (χ0v) is 18.5. The molecule has 3 aromatic rings. The molecule has 2 aromatic carbocycles. The summed E-state index contributed by atoms with van der Waals surface area (Å²) in [5, 5.41) is 8.84. The number of halogens is 1. The molecule has 0 radical (unpaired) electrons. The van der Waals surface area contributed by atoms with Crippen LogP contribution in [0.3, 0.4) is 0 Å². The SMILES string of the molecule is O=C(NC(Cc1ccccc1)C(=O)N1CCCC1)c1csc(Nc2ccccc2Cl)n1. The van der Waals surface area contributed by atoms with Gasteiger partial charge in [-0.2, -0.15) is 0 Å². The van der Waals surface area contributed by atoms with Gasteiger partial charge in [0.05, 0.1) is 10.7 Å². The van der Waals surface area contributed by atoms with Gasteiger partial charge in [-0.05, 0) is 30.5 Å². The number of thiazole rings is 1. The van der Waals surface area contributed by atoms with Crippen LogP contribution >= 0.6 is 22.9 Å². The van der Waals surface area contributed by atoms with Crippen molar-refractivity contribution < 1.29 is 9.59 Å². The standard InChI is InChI=1S/C23H23ClN4O2S/c24-17-10-4-5-11-18(17)26-23-27-20(15-31-23)21(29)25-19(14-16-8-2-1-3-9-16)22(30)28-12-6-7-13-28/h1-5,8-11,15,19H,6-7,12-14H2,(H,25,29)(H,26,27). The van der Waals surface area contributed by atoms with Gasteiger partial charge in [0.25, 0.3) is 5.91 Å². The van der Waals surface area contributed by atoms with Crippen LogP contribution in [0, 0.1) is 0 Å². The largest absolute Gasteiger partial charge is 0.341 e. The third-order valence-electron chi connectivity index (χ3n) is 5.16. The summed E-state index contributed by atoms with van der Waals surface area (Å²) in [5.74, 6) is -0.406. The Bertz CT molecular complexity index is 1050. The van der Waals surface area contributed by atoms with Gasteiger partial charge in [-0.1, -0.05) is 54.1 Å². The lowest BCUT2D eigenvalue weighted by Gasteiger charge is -2.24. The number of hydrogen-bond acceptors (Lipinski definition) is 5. The quantitative estimate of drug-likeness (QED) is 0.551. The topological polar surface area (TPSA) is 74.3 Å². The van der Waals surface area contributed by atoms with Gasteiger partial charge in [-0.25, -0.2) is 4.98 Å². The number of para-hydroxylation sites is 1. The Morgan fingerprint density at radius 3 is 2.52 bits per heavy atom. The summed E-state index contributed by atoms with van der Waals surface area (Å²) in [7, 11) is 0. The molecule has 160 valence electrons. The molecule has 8 heteroatoms. The monoisotopic (exact) mass is 454 g/mol. The number of nitrogens with one attached hydrogen (secondary N) is 2. The van der Waals surface area contributed by atoms with Crippen molar-refractivity contribution in [3.63, 3.8) is 0 Å². The molecule has 1 fully saturated rings. The van der Waals surface area contributed by atoms with Crippen molar-refractivity contribution in [3.05, 3.63) is 76.3 Å². The van der Waals surface area contributed by atoms with Crippen LogP contribution in [0.4, 0.5) is 10.8 Å². The van der Waals surface area contributed by atoms with E-state index in [9.17, 15) is 9.59 Å². The number of amides is 2. The zero-order valence-electron chi connectivity index (χ0n) is 16.9. The molecular formula is C23H23ClN4O2S. The summed E-state index contributed by atoms with van der Waals surface area (Å²) in [6.45, 7) is 1.48. The highest BCUT2D eigenvalue weighted by atomic mass is 35.5. The number of carbonyl (C=O) groups excluding carboxylic acids is 2. The molecule has 1 unspecified atom stereocenters. The zero-order chi connectivity index (χ0) is 21.6. The first kappa shape index (κ1) is 21.3. The number of benzene rings is 2. The lowest BCUT2D eigenvalue weighted by molar-refractivity contribution is -0.132. The maximum absolute atomic E-state index is 13.1. The first-order valence-corrected chi connectivity index (χ1v) is 11.5. The molecule has 4 rings (SSSR count). The minimum Gasteiger partial charge on any atom is -0.341 e. The van der Waals surface area contributed by atoms with E-state index in [0.717, 1.165) is 37.2 Å². The second kappa shape index (κ2) is 9.94. The molecule has 2 N–H and O–H groups in total. The van der Waals surface area contributed by atoms with Crippen LogP contribution in [0.15, 0.2) is 60.0 Å². The van der Waals surface area contributed by atoms with Crippen LogP contribution < -0.4 is 10.6 Å². The van der Waals surface area contributed by atoms with Gasteiger partial charge < -0.3 is 15.5 Å². The molecule has 0 aliphatic carbocycles. The summed E-state index contributed by atoms with van der Waals surface area (Å²) in [6.07, 6.45) is 2.44. The van der Waals surface area contributed by atoms with E-state index in [1.165, 1.54) is 11.3 Å². The summed E-state index contributed by atoms with van der Waals surface area (Å²) < 4.78 is 0. The molecule has 0 saturated carbocycles. The highest BCUT2D eigenvalue weighted by Crippen LogP contribution is 2.26. The summed E-state index contributed by atoms with van der Waals surface area (Å²) >= 11 is 7.49. The summed E-state index contributed by atoms with van der Waals surface area (Å²) in [6, 6.07) is 16.4. The first-order chi connectivity index (χ1) is 15.1. The Morgan fingerprint density at radius 1 is 1.06 bits per heavy atom. The van der Waals surface area contributed by atoms with Crippen molar-refractivity contribution in [1.82, 2.24) is 15.2 Å². The van der Waals surface area contributed by atoms with E-state index in [4.69, 9.17) is 11.6 Å². The van der Waals surface area contributed by atoms with Gasteiger partial charge in [-0.15, -0.1) is 11.3 Å². The molecule has 1 atom stereocenters. The van der Waals surface area contributed by atoms with E-state index in [2.05, 4.69) is 15.6 Å². The van der Waals surface area contributed by atoms with Crippen LogP contribution in [0.5, 0.6) is 0 Å². The van der Waals surface area contributed by atoms with Gasteiger partial charge >= 0.3 is 0 Å². The molecule has 1 saturated heterocycles. The smallest absolute Gasteiger partial charge is 0.271 e. The van der Waals surface area contributed by atoms with E-state index in [1.54, 1.807) is 11.4 Å². The van der Waals surface area contributed by atoms with Crippen LogP contribution in [-0.4, -0.2) is 40.8 Å². The normalized spacial score (nSPS) is 14.3. The number of rotatable bonds is 7. The maximum Gasteiger partial charge on any atom is 0.271 e. The van der Waals surface area contributed by atoms with Gasteiger partial charge in [0.2, 0.25) is 5.91 Å². The lowest BCUT2D eigenvalue weighted by atomic mass is 10.0. The molecule has 6 nitrogen and oxygen atoms in total. The number of nitrogens with zero attached hydrogens (tertiary/aromatic N) is 2.